The van der Waals surface area contributed by atoms with Gasteiger partial charge in [0.2, 0.25) is 11.8 Å². The standard InChI is InChI=1S/C24H23ClN2O5/c1-31-15-9-10-18(32-2)17(12-15)27-23(29)19-16-4-3-11-26(16)21(20(19)24(27)30)22(28)13-5-7-14(25)8-6-13/h5-10,12,16,19-21H,3-4,11H2,1-2H3/t16-,19-,20-,21+/m1/s1. The van der Waals surface area contributed by atoms with Gasteiger partial charge in [-0.2, -0.15) is 0 Å². The number of fused-ring (bicyclic) bond motifs is 3. The first-order valence-electron chi connectivity index (χ1n) is 10.6. The second-order valence-corrected chi connectivity index (χ2v) is 8.80. The third-order valence-electron chi connectivity index (χ3n) is 6.88. The molecule has 3 fully saturated rings. The van der Waals surface area contributed by atoms with Crippen molar-refractivity contribution >= 4 is 34.9 Å². The molecule has 166 valence electrons. The molecule has 0 bridgehead atoms. The van der Waals surface area contributed by atoms with Crippen LogP contribution in [0.5, 0.6) is 11.5 Å². The molecule has 0 aromatic heterocycles. The summed E-state index contributed by atoms with van der Waals surface area (Å²) in [6, 6.07) is 10.9. The Labute approximate surface area is 190 Å². The van der Waals surface area contributed by atoms with Crippen LogP contribution in [-0.2, 0) is 9.59 Å². The van der Waals surface area contributed by atoms with E-state index in [0.717, 1.165) is 12.8 Å². The van der Waals surface area contributed by atoms with Gasteiger partial charge in [-0.1, -0.05) is 11.6 Å². The number of hydrogen-bond donors (Lipinski definition) is 0. The Hall–Kier alpha value is -2.90. The molecule has 0 unspecified atom stereocenters. The van der Waals surface area contributed by atoms with Gasteiger partial charge < -0.3 is 9.47 Å². The number of nitrogens with zero attached hydrogens (tertiary/aromatic N) is 2. The molecule has 5 rings (SSSR count). The molecule has 0 spiro atoms. The molecule has 2 amide bonds. The Bertz CT molecular complexity index is 1100. The number of benzene rings is 2. The molecule has 2 aromatic carbocycles. The molecule has 0 aliphatic carbocycles. The summed E-state index contributed by atoms with van der Waals surface area (Å²) < 4.78 is 10.7. The van der Waals surface area contributed by atoms with Crippen LogP contribution in [0, 0.1) is 11.8 Å². The molecule has 8 heteroatoms. The lowest BCUT2D eigenvalue weighted by molar-refractivity contribution is -0.123. The molecule has 3 saturated heterocycles. The first kappa shape index (κ1) is 21.0. The first-order chi connectivity index (χ1) is 15.5. The molecule has 3 aliphatic rings. The Kier molecular flexibility index (Phi) is 5.18. The predicted octanol–water partition coefficient (Wildman–Crippen LogP) is 3.19. The van der Waals surface area contributed by atoms with Crippen molar-refractivity contribution in [3.05, 3.63) is 53.1 Å². The Morgan fingerprint density at radius 1 is 1.00 bits per heavy atom. The van der Waals surface area contributed by atoms with E-state index < -0.39 is 17.9 Å². The van der Waals surface area contributed by atoms with Crippen LogP contribution < -0.4 is 14.4 Å². The smallest absolute Gasteiger partial charge is 0.239 e. The van der Waals surface area contributed by atoms with Crippen LogP contribution in [0.15, 0.2) is 42.5 Å². The van der Waals surface area contributed by atoms with E-state index in [9.17, 15) is 14.4 Å². The van der Waals surface area contributed by atoms with Gasteiger partial charge in [0.05, 0.1) is 37.8 Å². The van der Waals surface area contributed by atoms with E-state index in [1.54, 1.807) is 42.5 Å². The van der Waals surface area contributed by atoms with Crippen molar-refractivity contribution in [1.82, 2.24) is 4.90 Å². The largest absolute Gasteiger partial charge is 0.497 e. The molecular weight excluding hydrogens is 432 g/mol. The van der Waals surface area contributed by atoms with Crippen LogP contribution in [0.1, 0.15) is 23.2 Å². The van der Waals surface area contributed by atoms with E-state index in [2.05, 4.69) is 4.90 Å². The van der Waals surface area contributed by atoms with Crippen LogP contribution in [0.25, 0.3) is 0 Å². The maximum absolute atomic E-state index is 13.7. The van der Waals surface area contributed by atoms with Gasteiger partial charge in [-0.3, -0.25) is 19.3 Å². The van der Waals surface area contributed by atoms with Crippen molar-refractivity contribution in [3.8, 4) is 11.5 Å². The number of anilines is 1. The zero-order chi connectivity index (χ0) is 22.6. The number of Topliss-reactive ketones (excluding diaryl/α,β-unsaturated/α-hetero) is 1. The Morgan fingerprint density at radius 3 is 2.41 bits per heavy atom. The van der Waals surface area contributed by atoms with Crippen LogP contribution >= 0.6 is 11.6 Å². The van der Waals surface area contributed by atoms with Crippen molar-refractivity contribution < 1.29 is 23.9 Å². The lowest BCUT2D eigenvalue weighted by Crippen LogP contribution is -2.46. The van der Waals surface area contributed by atoms with E-state index in [-0.39, 0.29) is 23.6 Å². The third-order valence-corrected chi connectivity index (χ3v) is 7.13. The number of methoxy groups -OCH3 is 2. The molecule has 4 atom stereocenters. The summed E-state index contributed by atoms with van der Waals surface area (Å²) in [4.78, 5) is 44.1. The van der Waals surface area contributed by atoms with Gasteiger partial charge in [-0.05, 0) is 55.8 Å². The van der Waals surface area contributed by atoms with E-state index in [1.165, 1.54) is 19.1 Å². The maximum Gasteiger partial charge on any atom is 0.239 e. The fourth-order valence-corrected chi connectivity index (χ4v) is 5.64. The van der Waals surface area contributed by atoms with Gasteiger partial charge in [0.1, 0.15) is 11.5 Å². The van der Waals surface area contributed by atoms with Gasteiger partial charge in [0.25, 0.3) is 0 Å². The second kappa shape index (κ2) is 7.90. The van der Waals surface area contributed by atoms with Gasteiger partial charge in [0, 0.05) is 22.7 Å². The fourth-order valence-electron chi connectivity index (χ4n) is 5.51. The minimum atomic E-state index is -0.730. The van der Waals surface area contributed by atoms with Crippen molar-refractivity contribution in [2.45, 2.75) is 24.9 Å². The third kappa shape index (κ3) is 3.03. The lowest BCUT2D eigenvalue weighted by atomic mass is 9.85. The highest BCUT2D eigenvalue weighted by Crippen LogP contribution is 2.50. The highest BCUT2D eigenvalue weighted by atomic mass is 35.5. The van der Waals surface area contributed by atoms with Crippen molar-refractivity contribution in [3.63, 3.8) is 0 Å². The summed E-state index contributed by atoms with van der Waals surface area (Å²) in [6.07, 6.45) is 1.68. The number of ether oxygens (including phenoxy) is 2. The zero-order valence-electron chi connectivity index (χ0n) is 17.8. The molecule has 0 saturated carbocycles. The number of ketones is 1. The van der Waals surface area contributed by atoms with Crippen LogP contribution in [0.2, 0.25) is 5.02 Å². The van der Waals surface area contributed by atoms with Crippen LogP contribution in [0.3, 0.4) is 0 Å². The molecular formula is C24H23ClN2O5. The highest BCUT2D eigenvalue weighted by molar-refractivity contribution is 6.30. The number of halogens is 1. The second-order valence-electron chi connectivity index (χ2n) is 8.36. The highest BCUT2D eigenvalue weighted by Gasteiger charge is 2.65. The monoisotopic (exact) mass is 454 g/mol. The Balaban J connectivity index is 1.57. The SMILES string of the molecule is COc1ccc(OC)c(N2C(=O)[C@@H]3[C@H](C2=O)[C@H]2CCCN2[C@@H]3C(=O)c2ccc(Cl)cc2)c1. The molecule has 0 N–H and O–H groups in total. The van der Waals surface area contributed by atoms with Crippen LogP contribution in [-0.4, -0.2) is 55.3 Å². The van der Waals surface area contributed by atoms with Gasteiger partial charge >= 0.3 is 0 Å². The number of carbonyl (C=O) groups is 3. The van der Waals surface area contributed by atoms with Crippen molar-refractivity contribution in [2.24, 2.45) is 11.8 Å². The fraction of sp³-hybridized carbons (Fsp3) is 0.375. The normalized spacial score (nSPS) is 26.9. The molecule has 3 heterocycles. The summed E-state index contributed by atoms with van der Waals surface area (Å²) in [6.45, 7) is 0.699. The van der Waals surface area contributed by atoms with E-state index in [0.29, 0.717) is 34.3 Å². The van der Waals surface area contributed by atoms with Crippen LogP contribution in [0.4, 0.5) is 5.69 Å². The molecule has 7 nitrogen and oxygen atoms in total. The molecule has 0 radical (unpaired) electrons. The minimum Gasteiger partial charge on any atom is -0.497 e. The van der Waals surface area contributed by atoms with Gasteiger partial charge in [0.15, 0.2) is 5.78 Å². The number of rotatable bonds is 5. The number of amides is 2. The number of hydrogen-bond acceptors (Lipinski definition) is 6. The van der Waals surface area contributed by atoms with E-state index >= 15 is 0 Å². The van der Waals surface area contributed by atoms with Gasteiger partial charge in [-0.15, -0.1) is 0 Å². The van der Waals surface area contributed by atoms with E-state index in [4.69, 9.17) is 21.1 Å². The Morgan fingerprint density at radius 2 is 1.72 bits per heavy atom. The average molecular weight is 455 g/mol. The summed E-state index contributed by atoms with van der Waals surface area (Å²) >= 11 is 5.99. The summed E-state index contributed by atoms with van der Waals surface area (Å²) in [5.41, 5.74) is 0.835. The van der Waals surface area contributed by atoms with Gasteiger partial charge in [-0.25, -0.2) is 4.90 Å². The summed E-state index contributed by atoms with van der Waals surface area (Å²) in [5.74, 6) is -1.18. The zero-order valence-corrected chi connectivity index (χ0v) is 18.5. The molecule has 3 aliphatic heterocycles. The summed E-state index contributed by atoms with van der Waals surface area (Å²) in [5, 5.41) is 0.535. The van der Waals surface area contributed by atoms with Crippen molar-refractivity contribution in [2.75, 3.05) is 25.7 Å². The molecule has 2 aromatic rings. The summed E-state index contributed by atoms with van der Waals surface area (Å²) in [7, 11) is 3.01. The molecule has 32 heavy (non-hydrogen) atoms. The maximum atomic E-state index is 13.7. The van der Waals surface area contributed by atoms with E-state index in [1.807, 2.05) is 0 Å². The minimum absolute atomic E-state index is 0.126. The topological polar surface area (TPSA) is 76.2 Å². The predicted molar refractivity (Wildman–Crippen MR) is 118 cm³/mol. The van der Waals surface area contributed by atoms with Crippen molar-refractivity contribution in [1.29, 1.82) is 0 Å². The average Bonchev–Trinajstić information content (AvgIpc) is 3.45. The quantitative estimate of drug-likeness (QED) is 0.510. The first-order valence-corrected chi connectivity index (χ1v) is 11.0. The lowest BCUT2D eigenvalue weighted by Gasteiger charge is -2.28. The number of carbonyl (C=O) groups excluding carboxylic acids is 3. The number of imide groups is 1.